The normalized spacial score (nSPS) is 13.2. The summed E-state index contributed by atoms with van der Waals surface area (Å²) >= 11 is 0. The number of aromatic amines is 1. The molecule has 0 fully saturated rings. The fraction of sp³-hybridized carbons (Fsp3) is 0.385. The fourth-order valence-corrected chi connectivity index (χ4v) is 3.13. The number of hydrogen-bond acceptors (Lipinski definition) is 3. The smallest absolute Gasteiger partial charge is 0.361 e. The third kappa shape index (κ3) is 2.91. The van der Waals surface area contributed by atoms with Gasteiger partial charge in [-0.05, 0) is 38.2 Å². The molecule has 2 rings (SSSR count). The Labute approximate surface area is 120 Å². The van der Waals surface area contributed by atoms with Gasteiger partial charge in [-0.15, -0.1) is 0 Å². The SMILES string of the molecule is CN(C)CCc1c[nH]c2cccc(S(=O)(=O)C(F)(F)F)c12. The minimum absolute atomic E-state index is 0.122. The Hall–Kier alpha value is -1.54. The molecule has 2 aromatic rings. The predicted octanol–water partition coefficient (Wildman–Crippen LogP) is 2.57. The molecule has 0 aliphatic heterocycles. The average molecular weight is 320 g/mol. The zero-order valence-electron chi connectivity index (χ0n) is 11.5. The Morgan fingerprint density at radius 3 is 2.48 bits per heavy atom. The number of H-pyrrole nitrogens is 1. The van der Waals surface area contributed by atoms with E-state index >= 15 is 0 Å². The molecular weight excluding hydrogens is 305 g/mol. The number of alkyl halides is 3. The lowest BCUT2D eigenvalue weighted by molar-refractivity contribution is -0.0435. The van der Waals surface area contributed by atoms with Crippen molar-refractivity contribution in [2.45, 2.75) is 16.8 Å². The summed E-state index contributed by atoms with van der Waals surface area (Å²) < 4.78 is 61.8. The molecule has 0 saturated heterocycles. The third-order valence-electron chi connectivity index (χ3n) is 3.17. The van der Waals surface area contributed by atoms with Gasteiger partial charge in [-0.2, -0.15) is 13.2 Å². The van der Waals surface area contributed by atoms with Crippen molar-refractivity contribution < 1.29 is 21.6 Å². The van der Waals surface area contributed by atoms with Crippen LogP contribution in [0.25, 0.3) is 10.9 Å². The van der Waals surface area contributed by atoms with Gasteiger partial charge in [-0.25, -0.2) is 8.42 Å². The van der Waals surface area contributed by atoms with Crippen LogP contribution in [-0.2, 0) is 16.3 Å². The maximum Gasteiger partial charge on any atom is 0.501 e. The monoisotopic (exact) mass is 320 g/mol. The summed E-state index contributed by atoms with van der Waals surface area (Å²) in [6.07, 6.45) is 2.01. The molecular formula is C13H15F3N2O2S. The van der Waals surface area contributed by atoms with E-state index in [0.29, 0.717) is 24.0 Å². The first kappa shape index (κ1) is 15.8. The lowest BCUT2D eigenvalue weighted by Gasteiger charge is -2.12. The molecule has 1 aromatic heterocycles. The highest BCUT2D eigenvalue weighted by molar-refractivity contribution is 7.92. The Morgan fingerprint density at radius 2 is 1.90 bits per heavy atom. The van der Waals surface area contributed by atoms with Crippen molar-refractivity contribution in [1.29, 1.82) is 0 Å². The largest absolute Gasteiger partial charge is 0.501 e. The molecule has 0 atom stereocenters. The molecule has 1 aromatic carbocycles. The molecule has 0 saturated carbocycles. The van der Waals surface area contributed by atoms with E-state index in [-0.39, 0.29) is 5.39 Å². The van der Waals surface area contributed by atoms with Gasteiger partial charge in [-0.3, -0.25) is 0 Å². The summed E-state index contributed by atoms with van der Waals surface area (Å²) in [7, 11) is -1.70. The van der Waals surface area contributed by atoms with Crippen LogP contribution in [0, 0.1) is 0 Å². The molecule has 1 N–H and O–H groups in total. The number of fused-ring (bicyclic) bond motifs is 1. The average Bonchev–Trinajstić information content (AvgIpc) is 2.77. The Bertz CT molecular complexity index is 748. The molecule has 0 aliphatic rings. The second-order valence-electron chi connectivity index (χ2n) is 5.00. The predicted molar refractivity (Wildman–Crippen MR) is 73.8 cm³/mol. The Kier molecular flexibility index (Phi) is 4.03. The highest BCUT2D eigenvalue weighted by Crippen LogP contribution is 2.35. The van der Waals surface area contributed by atoms with E-state index in [1.807, 2.05) is 19.0 Å². The van der Waals surface area contributed by atoms with Crippen LogP contribution >= 0.6 is 0 Å². The van der Waals surface area contributed by atoms with E-state index in [2.05, 4.69) is 4.98 Å². The van der Waals surface area contributed by atoms with E-state index in [0.717, 1.165) is 6.07 Å². The molecule has 0 bridgehead atoms. The summed E-state index contributed by atoms with van der Waals surface area (Å²) in [6.45, 7) is 0.605. The van der Waals surface area contributed by atoms with Gasteiger partial charge in [0.1, 0.15) is 0 Å². The summed E-state index contributed by atoms with van der Waals surface area (Å²) in [5.74, 6) is 0. The number of halogens is 3. The molecule has 21 heavy (non-hydrogen) atoms. The van der Waals surface area contributed by atoms with Gasteiger partial charge in [0.15, 0.2) is 0 Å². The summed E-state index contributed by atoms with van der Waals surface area (Å²) in [5, 5.41) is 0.122. The van der Waals surface area contributed by atoms with Crippen LogP contribution in [0.5, 0.6) is 0 Å². The summed E-state index contributed by atoms with van der Waals surface area (Å²) in [6, 6.07) is 3.86. The van der Waals surface area contributed by atoms with Gasteiger partial charge >= 0.3 is 5.51 Å². The van der Waals surface area contributed by atoms with E-state index < -0.39 is 20.2 Å². The van der Waals surface area contributed by atoms with Crippen LogP contribution in [0.4, 0.5) is 13.2 Å². The molecule has 1 heterocycles. The number of rotatable bonds is 4. The summed E-state index contributed by atoms with van der Waals surface area (Å²) in [4.78, 5) is 4.01. The molecule has 0 aliphatic carbocycles. The topological polar surface area (TPSA) is 53.2 Å². The third-order valence-corrected chi connectivity index (χ3v) is 4.70. The zero-order valence-corrected chi connectivity index (χ0v) is 12.3. The van der Waals surface area contributed by atoms with Crippen molar-refractivity contribution in [3.8, 4) is 0 Å². The molecule has 116 valence electrons. The van der Waals surface area contributed by atoms with Gasteiger partial charge in [0.05, 0.1) is 4.90 Å². The summed E-state index contributed by atoms with van der Waals surface area (Å²) in [5.41, 5.74) is -4.37. The second-order valence-corrected chi connectivity index (χ2v) is 6.90. The van der Waals surface area contributed by atoms with Crippen molar-refractivity contribution in [2.24, 2.45) is 0 Å². The lowest BCUT2D eigenvalue weighted by Crippen LogP contribution is -2.23. The number of sulfone groups is 1. The maximum absolute atomic E-state index is 12.8. The number of nitrogens with zero attached hydrogens (tertiary/aromatic N) is 1. The van der Waals surface area contributed by atoms with Crippen molar-refractivity contribution in [2.75, 3.05) is 20.6 Å². The van der Waals surface area contributed by atoms with Crippen LogP contribution in [0.2, 0.25) is 0 Å². The van der Waals surface area contributed by atoms with Crippen LogP contribution in [-0.4, -0.2) is 44.5 Å². The van der Waals surface area contributed by atoms with Crippen molar-refractivity contribution in [1.82, 2.24) is 9.88 Å². The van der Waals surface area contributed by atoms with Crippen LogP contribution < -0.4 is 0 Å². The van der Waals surface area contributed by atoms with Gasteiger partial charge in [0.25, 0.3) is 9.84 Å². The Morgan fingerprint density at radius 1 is 1.24 bits per heavy atom. The van der Waals surface area contributed by atoms with Crippen LogP contribution in [0.3, 0.4) is 0 Å². The maximum atomic E-state index is 12.8. The van der Waals surface area contributed by atoms with Crippen molar-refractivity contribution in [3.05, 3.63) is 30.0 Å². The first-order valence-corrected chi connectivity index (χ1v) is 7.68. The molecule has 0 amide bonds. The highest BCUT2D eigenvalue weighted by atomic mass is 32.2. The van der Waals surface area contributed by atoms with Crippen molar-refractivity contribution >= 4 is 20.7 Å². The van der Waals surface area contributed by atoms with E-state index in [1.165, 1.54) is 6.07 Å². The number of likely N-dealkylation sites (N-methyl/N-ethyl adjacent to an activating group) is 1. The zero-order chi connectivity index (χ0) is 15.8. The molecule has 0 unspecified atom stereocenters. The minimum Gasteiger partial charge on any atom is -0.361 e. The fourth-order valence-electron chi connectivity index (χ4n) is 2.11. The standard InChI is InChI=1S/C13H15F3N2O2S/c1-18(2)7-6-9-8-17-10-4-3-5-11(12(9)10)21(19,20)13(14,15)16/h3-5,8,17H,6-7H2,1-2H3. The van der Waals surface area contributed by atoms with Gasteiger partial charge in [0.2, 0.25) is 0 Å². The lowest BCUT2D eigenvalue weighted by atomic mass is 10.1. The van der Waals surface area contributed by atoms with Gasteiger partial charge in [-0.1, -0.05) is 6.07 Å². The van der Waals surface area contributed by atoms with Gasteiger partial charge < -0.3 is 9.88 Å². The molecule has 8 heteroatoms. The first-order chi connectivity index (χ1) is 9.64. The van der Waals surface area contributed by atoms with Crippen molar-refractivity contribution in [3.63, 3.8) is 0 Å². The van der Waals surface area contributed by atoms with E-state index in [4.69, 9.17) is 0 Å². The number of aromatic nitrogens is 1. The van der Waals surface area contributed by atoms with E-state index in [9.17, 15) is 21.6 Å². The molecule has 0 radical (unpaired) electrons. The van der Waals surface area contributed by atoms with Crippen LogP contribution in [0.1, 0.15) is 5.56 Å². The van der Waals surface area contributed by atoms with E-state index in [1.54, 1.807) is 12.3 Å². The number of hydrogen-bond donors (Lipinski definition) is 1. The highest BCUT2D eigenvalue weighted by Gasteiger charge is 2.47. The number of nitrogens with one attached hydrogen (secondary N) is 1. The number of benzene rings is 1. The minimum atomic E-state index is -5.37. The molecule has 4 nitrogen and oxygen atoms in total. The van der Waals surface area contributed by atoms with Gasteiger partial charge in [0, 0.05) is 23.6 Å². The first-order valence-electron chi connectivity index (χ1n) is 6.19. The quantitative estimate of drug-likeness (QED) is 0.942. The van der Waals surface area contributed by atoms with Crippen LogP contribution in [0.15, 0.2) is 29.3 Å². The molecule has 0 spiro atoms. The second kappa shape index (κ2) is 5.34. The Balaban J connectivity index is 2.62.